The molecule has 2 N–H and O–H groups in total. The number of aromatic amines is 1. The highest BCUT2D eigenvalue weighted by Gasteiger charge is 2.15. The number of carbonyl (C=O) groups excluding carboxylic acids is 1. The zero-order chi connectivity index (χ0) is 24.0. The minimum absolute atomic E-state index is 0.175. The molecule has 168 valence electrons. The summed E-state index contributed by atoms with van der Waals surface area (Å²) in [7, 11) is 1.95. The molecule has 0 aliphatic carbocycles. The number of hydrogen-bond acceptors (Lipinski definition) is 5. The molecular weight excluding hydrogens is 454 g/mol. The van der Waals surface area contributed by atoms with E-state index in [0.717, 1.165) is 27.6 Å². The van der Waals surface area contributed by atoms with Crippen LogP contribution in [0, 0.1) is 17.2 Å². The Morgan fingerprint density at radius 1 is 1.21 bits per heavy atom. The van der Waals surface area contributed by atoms with Crippen molar-refractivity contribution in [3.05, 3.63) is 81.3 Å². The van der Waals surface area contributed by atoms with E-state index in [1.54, 1.807) is 25.1 Å². The molecule has 0 bridgehead atoms. The summed E-state index contributed by atoms with van der Waals surface area (Å²) in [4.78, 5) is 30.0. The van der Waals surface area contributed by atoms with Crippen LogP contribution < -0.4 is 4.74 Å². The van der Waals surface area contributed by atoms with E-state index in [0.29, 0.717) is 27.4 Å². The lowest BCUT2D eigenvalue weighted by molar-refractivity contribution is 0.1000. The first kappa shape index (κ1) is 21.5. The number of nitrogens with one attached hydrogen (secondary N) is 2. The molecule has 9 heteroatoms. The molecule has 0 radical (unpaired) electrons. The number of halogens is 1. The summed E-state index contributed by atoms with van der Waals surface area (Å²) in [5.74, 6) is -0.512. The number of rotatable bonds is 5. The lowest BCUT2D eigenvalue weighted by atomic mass is 10.0. The second-order valence-electron chi connectivity index (χ2n) is 7.94. The average Bonchev–Trinajstić information content (AvgIpc) is 3.37. The monoisotopic (exact) mass is 471 g/mol. The molecule has 0 saturated carbocycles. The van der Waals surface area contributed by atoms with Crippen molar-refractivity contribution in [2.24, 2.45) is 12.2 Å². The fourth-order valence-corrected chi connectivity index (χ4v) is 4.31. The van der Waals surface area contributed by atoms with E-state index in [9.17, 15) is 9.70 Å². The predicted octanol–water partition coefficient (Wildman–Crippen LogP) is 6.38. The van der Waals surface area contributed by atoms with Gasteiger partial charge in [0.2, 0.25) is 0 Å². The Kier molecular flexibility index (Phi) is 5.22. The molecule has 34 heavy (non-hydrogen) atoms. The fourth-order valence-electron chi connectivity index (χ4n) is 4.04. The maximum Gasteiger partial charge on any atom is 0.317 e. The minimum Gasteiger partial charge on any atom is -0.426 e. The summed E-state index contributed by atoms with van der Waals surface area (Å²) in [6.45, 7) is 1.71. The smallest absolute Gasteiger partial charge is 0.317 e. The third-order valence-electron chi connectivity index (χ3n) is 5.77. The Morgan fingerprint density at radius 2 is 2.03 bits per heavy atom. The van der Waals surface area contributed by atoms with Crippen molar-refractivity contribution < 1.29 is 9.53 Å². The summed E-state index contributed by atoms with van der Waals surface area (Å²) >= 11 is 6.61. The van der Waals surface area contributed by atoms with Gasteiger partial charge in [-0.05, 0) is 54.4 Å². The number of imidazole rings is 1. The Balaban J connectivity index is 1.53. The van der Waals surface area contributed by atoms with E-state index in [4.69, 9.17) is 21.7 Å². The van der Waals surface area contributed by atoms with Gasteiger partial charge in [-0.25, -0.2) is 0 Å². The van der Waals surface area contributed by atoms with E-state index in [-0.39, 0.29) is 11.6 Å². The van der Waals surface area contributed by atoms with E-state index in [1.807, 2.05) is 42.1 Å². The quantitative estimate of drug-likeness (QED) is 0.228. The number of aryl methyl sites for hydroxylation is 2. The van der Waals surface area contributed by atoms with Crippen molar-refractivity contribution in [3.8, 4) is 22.9 Å². The van der Waals surface area contributed by atoms with Crippen molar-refractivity contribution in [3.63, 3.8) is 0 Å². The molecule has 0 atom stereocenters. The van der Waals surface area contributed by atoms with Crippen molar-refractivity contribution in [1.29, 1.82) is 5.41 Å². The number of hydrogen-bond donors (Lipinski definition) is 2. The second-order valence-corrected chi connectivity index (χ2v) is 8.35. The molecule has 0 aliphatic rings. The molecule has 8 nitrogen and oxygen atoms in total. The summed E-state index contributed by atoms with van der Waals surface area (Å²) in [6.07, 6.45) is 3.25. The topological polar surface area (TPSA) is 113 Å². The Hall–Kier alpha value is -4.30. The summed E-state index contributed by atoms with van der Waals surface area (Å²) in [5, 5.41) is 11.7. The lowest BCUT2D eigenvalue weighted by Gasteiger charge is -2.06. The van der Waals surface area contributed by atoms with Gasteiger partial charge in [-0.15, -0.1) is 4.91 Å². The van der Waals surface area contributed by atoms with Gasteiger partial charge in [0.15, 0.2) is 0 Å². The maximum atomic E-state index is 11.7. The van der Waals surface area contributed by atoms with Gasteiger partial charge in [-0.1, -0.05) is 23.7 Å². The first-order valence-electron chi connectivity index (χ1n) is 10.3. The zero-order valence-corrected chi connectivity index (χ0v) is 19.0. The standard InChI is InChI=1S/C25H18ClN5O3/c1-13-3-5-16(8-17(13)24(32)30-33)34-25-28-21-9-18(20(26)10-22(21)29-25)14-4-6-23-19(7-14)15(11-27)12-31(23)2/h3-12,27H,1-2H3,(H,28,29). The number of H-pyrrole nitrogens is 1. The van der Waals surface area contributed by atoms with Gasteiger partial charge in [0.25, 0.3) is 6.01 Å². The Labute approximate surface area is 198 Å². The highest BCUT2D eigenvalue weighted by molar-refractivity contribution is 6.34. The highest BCUT2D eigenvalue weighted by atomic mass is 35.5. The normalized spacial score (nSPS) is 11.1. The molecule has 0 spiro atoms. The molecule has 0 unspecified atom stereocenters. The molecule has 2 aromatic heterocycles. The second kappa shape index (κ2) is 8.24. The molecule has 2 heterocycles. The maximum absolute atomic E-state index is 11.7. The van der Waals surface area contributed by atoms with Gasteiger partial charge < -0.3 is 19.7 Å². The van der Waals surface area contributed by atoms with Crippen LogP contribution in [-0.2, 0) is 7.05 Å². The molecule has 5 aromatic rings. The van der Waals surface area contributed by atoms with Crippen molar-refractivity contribution in [1.82, 2.24) is 14.5 Å². The average molecular weight is 472 g/mol. The molecule has 5 rings (SSSR count). The number of ether oxygens (including phenoxy) is 1. The van der Waals surface area contributed by atoms with E-state index in [1.165, 1.54) is 12.3 Å². The molecule has 0 aliphatic heterocycles. The van der Waals surface area contributed by atoms with Gasteiger partial charge in [0.1, 0.15) is 5.75 Å². The van der Waals surface area contributed by atoms with E-state index < -0.39 is 5.91 Å². The highest BCUT2D eigenvalue weighted by Crippen LogP contribution is 2.35. The van der Waals surface area contributed by atoms with Crippen LogP contribution in [0.15, 0.2) is 59.9 Å². The molecule has 0 fully saturated rings. The SMILES string of the molecule is Cc1ccc(Oc2nc3cc(-c4ccc5c(c4)c(C=N)cn5C)c(Cl)cc3[nH]2)cc1C(=O)N=O. The number of fused-ring (bicyclic) bond motifs is 2. The summed E-state index contributed by atoms with van der Waals surface area (Å²) in [5.41, 5.74) is 5.68. The van der Waals surface area contributed by atoms with Gasteiger partial charge in [-0.2, -0.15) is 4.98 Å². The fraction of sp³-hybridized carbons (Fsp3) is 0.0800. The predicted molar refractivity (Wildman–Crippen MR) is 132 cm³/mol. The number of nitrogens with zero attached hydrogens (tertiary/aromatic N) is 3. The summed E-state index contributed by atoms with van der Waals surface area (Å²) < 4.78 is 7.78. The summed E-state index contributed by atoms with van der Waals surface area (Å²) in [6, 6.07) is 14.7. The Bertz CT molecular complexity index is 1630. The molecule has 0 saturated heterocycles. The third-order valence-corrected chi connectivity index (χ3v) is 6.09. The number of amides is 1. The Morgan fingerprint density at radius 3 is 2.79 bits per heavy atom. The molecular formula is C25H18ClN5O3. The zero-order valence-electron chi connectivity index (χ0n) is 18.2. The van der Waals surface area contributed by atoms with Crippen molar-refractivity contribution in [2.45, 2.75) is 6.92 Å². The van der Waals surface area contributed by atoms with Gasteiger partial charge in [-0.3, -0.25) is 4.79 Å². The number of aromatic nitrogens is 3. The van der Waals surface area contributed by atoms with E-state index >= 15 is 0 Å². The number of benzene rings is 3. The number of carbonyl (C=O) groups is 1. The van der Waals surface area contributed by atoms with Crippen LogP contribution in [-0.4, -0.2) is 26.7 Å². The first-order valence-corrected chi connectivity index (χ1v) is 10.7. The largest absolute Gasteiger partial charge is 0.426 e. The van der Waals surface area contributed by atoms with Crippen molar-refractivity contribution >= 4 is 45.7 Å². The molecule has 1 amide bonds. The van der Waals surface area contributed by atoms with Gasteiger partial charge in [0, 0.05) is 46.7 Å². The van der Waals surface area contributed by atoms with Crippen LogP contribution >= 0.6 is 11.6 Å². The van der Waals surface area contributed by atoms with Crippen LogP contribution in [0.4, 0.5) is 0 Å². The van der Waals surface area contributed by atoms with E-state index in [2.05, 4.69) is 15.1 Å². The number of nitroso groups, excluding NO2 is 1. The molecule has 3 aromatic carbocycles. The van der Waals surface area contributed by atoms with Gasteiger partial charge >= 0.3 is 5.91 Å². The minimum atomic E-state index is -0.856. The van der Waals surface area contributed by atoms with Crippen LogP contribution in [0.3, 0.4) is 0 Å². The van der Waals surface area contributed by atoms with Crippen LogP contribution in [0.25, 0.3) is 33.1 Å². The third kappa shape index (κ3) is 3.64. The first-order chi connectivity index (χ1) is 16.4. The van der Waals surface area contributed by atoms with Crippen molar-refractivity contribution in [2.75, 3.05) is 0 Å². The van der Waals surface area contributed by atoms with Crippen LogP contribution in [0.1, 0.15) is 21.5 Å². The van der Waals surface area contributed by atoms with Gasteiger partial charge in [0.05, 0.1) is 21.6 Å². The lowest BCUT2D eigenvalue weighted by Crippen LogP contribution is -1.98. The van der Waals surface area contributed by atoms with Crippen LogP contribution in [0.5, 0.6) is 11.8 Å². The van der Waals surface area contributed by atoms with Crippen LogP contribution in [0.2, 0.25) is 5.02 Å².